The lowest BCUT2D eigenvalue weighted by molar-refractivity contribution is 0.834. The molecule has 3 aromatic rings. The highest BCUT2D eigenvalue weighted by molar-refractivity contribution is 5.75. The Morgan fingerprint density at radius 3 is 2.60 bits per heavy atom. The van der Waals surface area contributed by atoms with Gasteiger partial charge in [-0.05, 0) is 36.4 Å². The summed E-state index contributed by atoms with van der Waals surface area (Å²) in [6.07, 6.45) is 0. The van der Waals surface area contributed by atoms with Crippen LogP contribution in [0.3, 0.4) is 0 Å². The van der Waals surface area contributed by atoms with Crippen LogP contribution in [0.15, 0.2) is 48.5 Å². The van der Waals surface area contributed by atoms with E-state index >= 15 is 0 Å². The smallest absolute Gasteiger partial charge is 0.128 e. The van der Waals surface area contributed by atoms with Crippen LogP contribution in [0.4, 0.5) is 5.69 Å². The van der Waals surface area contributed by atoms with Crippen molar-refractivity contribution in [3.8, 4) is 6.07 Å². The van der Waals surface area contributed by atoms with Gasteiger partial charge in [-0.15, -0.1) is 0 Å². The molecule has 1 N–H and O–H groups in total. The average molecular weight is 262 g/mol. The largest absolute Gasteiger partial charge is 0.378 e. The average Bonchev–Trinajstić information content (AvgIpc) is 2.83. The second kappa shape index (κ2) is 5.06. The van der Waals surface area contributed by atoms with Gasteiger partial charge < -0.3 is 9.88 Å². The zero-order valence-corrected chi connectivity index (χ0v) is 11.2. The van der Waals surface area contributed by atoms with Crippen molar-refractivity contribution in [2.45, 2.75) is 6.54 Å². The van der Waals surface area contributed by atoms with Crippen LogP contribution in [0.25, 0.3) is 11.0 Å². The zero-order chi connectivity index (χ0) is 13.9. The van der Waals surface area contributed by atoms with Gasteiger partial charge in [-0.2, -0.15) is 5.26 Å². The van der Waals surface area contributed by atoms with Gasteiger partial charge in [0.2, 0.25) is 0 Å². The first kappa shape index (κ1) is 12.2. The molecule has 0 spiro atoms. The molecule has 0 aliphatic rings. The van der Waals surface area contributed by atoms with Crippen molar-refractivity contribution in [3.63, 3.8) is 0 Å². The monoisotopic (exact) mass is 262 g/mol. The molecule has 0 aliphatic heterocycles. The fraction of sp³-hybridized carbons (Fsp3) is 0.125. The highest BCUT2D eigenvalue weighted by Crippen LogP contribution is 2.16. The van der Waals surface area contributed by atoms with Gasteiger partial charge in [0.15, 0.2) is 0 Å². The molecule has 1 heterocycles. The number of rotatable bonds is 3. The van der Waals surface area contributed by atoms with Gasteiger partial charge >= 0.3 is 0 Å². The minimum Gasteiger partial charge on any atom is -0.378 e. The molecule has 0 amide bonds. The van der Waals surface area contributed by atoms with Crippen LogP contribution < -0.4 is 5.32 Å². The number of hydrogen-bond donors (Lipinski definition) is 1. The van der Waals surface area contributed by atoms with E-state index in [1.807, 2.05) is 37.4 Å². The number of aryl methyl sites for hydroxylation is 1. The second-order valence-corrected chi connectivity index (χ2v) is 4.62. The number of nitriles is 1. The number of anilines is 1. The van der Waals surface area contributed by atoms with E-state index < -0.39 is 0 Å². The normalized spacial score (nSPS) is 10.4. The molecule has 0 saturated heterocycles. The van der Waals surface area contributed by atoms with E-state index in [4.69, 9.17) is 5.26 Å². The molecule has 0 aliphatic carbocycles. The summed E-state index contributed by atoms with van der Waals surface area (Å²) in [6, 6.07) is 17.6. The first-order chi connectivity index (χ1) is 9.78. The van der Waals surface area contributed by atoms with Crippen LogP contribution in [-0.4, -0.2) is 9.55 Å². The number of fused-ring (bicyclic) bond motifs is 1. The Kier molecular flexibility index (Phi) is 3.10. The molecule has 2 aromatic carbocycles. The van der Waals surface area contributed by atoms with Crippen molar-refractivity contribution in [2.24, 2.45) is 7.05 Å². The van der Waals surface area contributed by atoms with Crippen LogP contribution in [0.2, 0.25) is 0 Å². The van der Waals surface area contributed by atoms with Crippen LogP contribution in [0, 0.1) is 11.3 Å². The Morgan fingerprint density at radius 1 is 1.15 bits per heavy atom. The van der Waals surface area contributed by atoms with Crippen LogP contribution in [0.1, 0.15) is 11.4 Å². The molecule has 0 unspecified atom stereocenters. The predicted molar refractivity (Wildman–Crippen MR) is 79.2 cm³/mol. The number of aromatic nitrogens is 2. The standard InChI is InChI=1S/C16H14N4/c1-20-15-5-3-2-4-14(15)19-16(20)11-18-13-8-6-12(10-17)7-9-13/h2-9,18H,11H2,1H3. The van der Waals surface area contributed by atoms with E-state index in [1.165, 1.54) is 0 Å². The molecule has 98 valence electrons. The lowest BCUT2D eigenvalue weighted by atomic mass is 10.2. The number of hydrogen-bond acceptors (Lipinski definition) is 3. The molecule has 3 rings (SSSR count). The maximum atomic E-state index is 8.77. The van der Waals surface area contributed by atoms with E-state index in [0.29, 0.717) is 12.1 Å². The van der Waals surface area contributed by atoms with Gasteiger partial charge in [-0.25, -0.2) is 4.98 Å². The summed E-state index contributed by atoms with van der Waals surface area (Å²) in [4.78, 5) is 4.61. The summed E-state index contributed by atoms with van der Waals surface area (Å²) in [5.41, 5.74) is 3.78. The number of imidazole rings is 1. The summed E-state index contributed by atoms with van der Waals surface area (Å²) in [6.45, 7) is 0.650. The van der Waals surface area contributed by atoms with Crippen LogP contribution in [-0.2, 0) is 13.6 Å². The Bertz CT molecular complexity index is 778. The number of nitrogens with one attached hydrogen (secondary N) is 1. The fourth-order valence-electron chi connectivity index (χ4n) is 2.20. The van der Waals surface area contributed by atoms with Crippen molar-refractivity contribution in [2.75, 3.05) is 5.32 Å². The van der Waals surface area contributed by atoms with E-state index in [9.17, 15) is 0 Å². The van der Waals surface area contributed by atoms with Gasteiger partial charge in [0, 0.05) is 12.7 Å². The third-order valence-electron chi connectivity index (χ3n) is 3.34. The third kappa shape index (κ3) is 2.21. The number of nitrogens with zero attached hydrogens (tertiary/aromatic N) is 3. The Labute approximate surface area is 117 Å². The summed E-state index contributed by atoms with van der Waals surface area (Å²) >= 11 is 0. The first-order valence-corrected chi connectivity index (χ1v) is 6.42. The summed E-state index contributed by atoms with van der Waals surface area (Å²) in [7, 11) is 2.02. The summed E-state index contributed by atoms with van der Waals surface area (Å²) in [5, 5.41) is 12.1. The first-order valence-electron chi connectivity index (χ1n) is 6.42. The Balaban J connectivity index is 1.79. The summed E-state index contributed by atoms with van der Waals surface area (Å²) < 4.78 is 2.09. The number of benzene rings is 2. The van der Waals surface area contributed by atoms with Gasteiger partial charge in [-0.3, -0.25) is 0 Å². The molecule has 0 saturated carbocycles. The fourth-order valence-corrected chi connectivity index (χ4v) is 2.20. The van der Waals surface area contributed by atoms with Crippen molar-refractivity contribution >= 4 is 16.7 Å². The molecule has 0 atom stereocenters. The minimum atomic E-state index is 0.650. The highest BCUT2D eigenvalue weighted by atomic mass is 15.1. The zero-order valence-electron chi connectivity index (χ0n) is 11.2. The van der Waals surface area contributed by atoms with Gasteiger partial charge in [0.1, 0.15) is 5.82 Å². The molecule has 4 nitrogen and oxygen atoms in total. The van der Waals surface area contributed by atoms with Gasteiger partial charge in [0.25, 0.3) is 0 Å². The minimum absolute atomic E-state index is 0.650. The second-order valence-electron chi connectivity index (χ2n) is 4.62. The van der Waals surface area contributed by atoms with E-state index in [2.05, 4.69) is 27.0 Å². The Morgan fingerprint density at radius 2 is 1.90 bits per heavy atom. The Hall–Kier alpha value is -2.80. The van der Waals surface area contributed by atoms with Gasteiger partial charge in [-0.1, -0.05) is 12.1 Å². The van der Waals surface area contributed by atoms with Crippen molar-refractivity contribution in [3.05, 3.63) is 59.9 Å². The van der Waals surface area contributed by atoms with Crippen molar-refractivity contribution in [1.29, 1.82) is 5.26 Å². The van der Waals surface area contributed by atoms with E-state index in [1.54, 1.807) is 12.1 Å². The molecular weight excluding hydrogens is 248 g/mol. The van der Waals surface area contributed by atoms with Crippen LogP contribution >= 0.6 is 0 Å². The molecule has 4 heteroatoms. The molecule has 1 aromatic heterocycles. The number of para-hydroxylation sites is 2. The molecule has 0 bridgehead atoms. The lowest BCUT2D eigenvalue weighted by Crippen LogP contribution is -2.05. The van der Waals surface area contributed by atoms with Crippen molar-refractivity contribution < 1.29 is 0 Å². The topological polar surface area (TPSA) is 53.6 Å². The van der Waals surface area contributed by atoms with E-state index in [0.717, 1.165) is 22.5 Å². The molecule has 0 fully saturated rings. The predicted octanol–water partition coefficient (Wildman–Crippen LogP) is 3.06. The van der Waals surface area contributed by atoms with Crippen molar-refractivity contribution in [1.82, 2.24) is 9.55 Å². The third-order valence-corrected chi connectivity index (χ3v) is 3.34. The molecule has 20 heavy (non-hydrogen) atoms. The molecular formula is C16H14N4. The summed E-state index contributed by atoms with van der Waals surface area (Å²) in [5.74, 6) is 0.982. The van der Waals surface area contributed by atoms with Gasteiger partial charge in [0.05, 0.1) is 29.2 Å². The lowest BCUT2D eigenvalue weighted by Gasteiger charge is -2.06. The quantitative estimate of drug-likeness (QED) is 0.789. The SMILES string of the molecule is Cn1c(CNc2ccc(C#N)cc2)nc2ccccc21. The van der Waals surface area contributed by atoms with E-state index in [-0.39, 0.29) is 0 Å². The maximum absolute atomic E-state index is 8.77. The maximum Gasteiger partial charge on any atom is 0.128 e. The van der Waals surface area contributed by atoms with Crippen LogP contribution in [0.5, 0.6) is 0 Å². The highest BCUT2D eigenvalue weighted by Gasteiger charge is 2.06. The molecule has 0 radical (unpaired) electrons.